The lowest BCUT2D eigenvalue weighted by atomic mass is 10.2. The van der Waals surface area contributed by atoms with Crippen LogP contribution in [0.15, 0.2) is 41.5 Å². The first kappa shape index (κ1) is 20.1. The molecular weight excluding hydrogens is 368 g/mol. The number of methoxy groups -OCH3 is 1. The molecule has 0 aliphatic rings. The molecule has 0 fully saturated rings. The number of ether oxygens (including phenoxy) is 3. The maximum atomic E-state index is 12.3. The number of rotatable bonds is 8. The summed E-state index contributed by atoms with van der Waals surface area (Å²) in [5, 5.41) is 4.47. The van der Waals surface area contributed by atoms with Crippen molar-refractivity contribution in [1.29, 1.82) is 0 Å². The maximum absolute atomic E-state index is 12.3. The van der Waals surface area contributed by atoms with Crippen LogP contribution in [0.4, 0.5) is 0 Å². The Hall–Kier alpha value is -3.17. The van der Waals surface area contributed by atoms with E-state index >= 15 is 0 Å². The fourth-order valence-corrected chi connectivity index (χ4v) is 2.36. The summed E-state index contributed by atoms with van der Waals surface area (Å²) >= 11 is 5.99. The quantitative estimate of drug-likeness (QED) is 0.428. The number of halogens is 1. The molecule has 140 valence electrons. The van der Waals surface area contributed by atoms with Crippen LogP contribution < -0.4 is 19.6 Å². The monoisotopic (exact) mass is 386 g/mol. The second kappa shape index (κ2) is 10.1. The highest BCUT2D eigenvalue weighted by Gasteiger charge is 2.10. The summed E-state index contributed by atoms with van der Waals surface area (Å²) in [5.41, 5.74) is 3.42. The molecular formula is C20H19ClN2O4. The van der Waals surface area contributed by atoms with E-state index in [0.717, 1.165) is 0 Å². The second-order valence-corrected chi connectivity index (χ2v) is 5.61. The van der Waals surface area contributed by atoms with Gasteiger partial charge in [0.1, 0.15) is 12.4 Å². The van der Waals surface area contributed by atoms with Gasteiger partial charge in [-0.1, -0.05) is 17.5 Å². The van der Waals surface area contributed by atoms with Gasteiger partial charge in [-0.15, -0.1) is 6.42 Å². The Balaban J connectivity index is 2.12. The van der Waals surface area contributed by atoms with Crippen molar-refractivity contribution >= 4 is 23.7 Å². The summed E-state index contributed by atoms with van der Waals surface area (Å²) in [6, 6.07) is 9.88. The molecule has 7 heteroatoms. The fraction of sp³-hybridized carbons (Fsp3) is 0.200. The van der Waals surface area contributed by atoms with E-state index in [2.05, 4.69) is 16.4 Å². The summed E-state index contributed by atoms with van der Waals surface area (Å²) in [7, 11) is 1.53. The van der Waals surface area contributed by atoms with E-state index in [1.807, 2.05) is 6.92 Å². The van der Waals surface area contributed by atoms with E-state index in [-0.39, 0.29) is 6.61 Å². The van der Waals surface area contributed by atoms with Gasteiger partial charge in [0.05, 0.1) is 19.9 Å². The summed E-state index contributed by atoms with van der Waals surface area (Å²) in [5.74, 6) is 3.53. The molecule has 0 heterocycles. The van der Waals surface area contributed by atoms with E-state index in [9.17, 15) is 4.79 Å². The van der Waals surface area contributed by atoms with Crippen molar-refractivity contribution < 1.29 is 19.0 Å². The SMILES string of the molecule is C#CCOc1ccc(Cl)cc1/C=N/NC(=O)c1ccc(OC)c(OCC)c1. The van der Waals surface area contributed by atoms with Crippen LogP contribution in [0.3, 0.4) is 0 Å². The van der Waals surface area contributed by atoms with Crippen molar-refractivity contribution in [3.8, 4) is 29.6 Å². The van der Waals surface area contributed by atoms with Crippen molar-refractivity contribution in [3.05, 3.63) is 52.5 Å². The number of hydrogen-bond donors (Lipinski definition) is 1. The number of amides is 1. The minimum atomic E-state index is -0.400. The highest BCUT2D eigenvalue weighted by Crippen LogP contribution is 2.28. The third-order valence-corrected chi connectivity index (χ3v) is 3.61. The summed E-state index contributed by atoms with van der Waals surface area (Å²) in [6.07, 6.45) is 6.64. The molecule has 1 N–H and O–H groups in total. The van der Waals surface area contributed by atoms with Gasteiger partial charge >= 0.3 is 0 Å². The fourth-order valence-electron chi connectivity index (χ4n) is 2.18. The molecule has 2 aromatic rings. The lowest BCUT2D eigenvalue weighted by Crippen LogP contribution is -2.17. The first-order valence-corrected chi connectivity index (χ1v) is 8.46. The van der Waals surface area contributed by atoms with E-state index in [4.69, 9.17) is 32.2 Å². The third-order valence-electron chi connectivity index (χ3n) is 3.38. The van der Waals surface area contributed by atoms with Crippen molar-refractivity contribution in [2.24, 2.45) is 5.10 Å². The number of carbonyl (C=O) groups excluding carboxylic acids is 1. The molecule has 0 saturated heterocycles. The lowest BCUT2D eigenvalue weighted by molar-refractivity contribution is 0.0954. The van der Waals surface area contributed by atoms with Crippen LogP contribution in [-0.2, 0) is 0 Å². The average Bonchev–Trinajstić information content (AvgIpc) is 2.67. The number of terminal acetylenes is 1. The predicted octanol–water partition coefficient (Wildman–Crippen LogP) is 3.52. The number of nitrogens with one attached hydrogen (secondary N) is 1. The molecule has 27 heavy (non-hydrogen) atoms. The summed E-state index contributed by atoms with van der Waals surface area (Å²) in [4.78, 5) is 12.3. The van der Waals surface area contributed by atoms with Gasteiger partial charge in [-0.05, 0) is 43.3 Å². The zero-order valence-electron chi connectivity index (χ0n) is 15.0. The van der Waals surface area contributed by atoms with Crippen LogP contribution in [0.1, 0.15) is 22.8 Å². The van der Waals surface area contributed by atoms with Crippen LogP contribution in [-0.4, -0.2) is 32.4 Å². The normalized spacial score (nSPS) is 10.3. The molecule has 2 aromatic carbocycles. The Morgan fingerprint density at radius 2 is 2.00 bits per heavy atom. The second-order valence-electron chi connectivity index (χ2n) is 5.17. The van der Waals surface area contributed by atoms with Crippen molar-refractivity contribution in [3.63, 3.8) is 0 Å². The Bertz CT molecular complexity index is 875. The first-order valence-electron chi connectivity index (χ1n) is 8.09. The Morgan fingerprint density at radius 1 is 1.22 bits per heavy atom. The molecule has 2 rings (SSSR count). The highest BCUT2D eigenvalue weighted by molar-refractivity contribution is 6.30. The van der Waals surface area contributed by atoms with Crippen LogP contribution in [0.25, 0.3) is 0 Å². The van der Waals surface area contributed by atoms with Gasteiger partial charge in [0, 0.05) is 16.1 Å². The summed E-state index contributed by atoms with van der Waals surface area (Å²) in [6.45, 7) is 2.41. The Labute approximate surface area is 163 Å². The van der Waals surface area contributed by atoms with Crippen molar-refractivity contribution in [2.45, 2.75) is 6.92 Å². The number of hydrogen-bond acceptors (Lipinski definition) is 5. The van der Waals surface area contributed by atoms with Gasteiger partial charge in [-0.2, -0.15) is 5.10 Å². The van der Waals surface area contributed by atoms with Gasteiger partial charge < -0.3 is 14.2 Å². The van der Waals surface area contributed by atoms with Crippen LogP contribution in [0.5, 0.6) is 17.2 Å². The molecule has 0 atom stereocenters. The van der Waals surface area contributed by atoms with Crippen molar-refractivity contribution in [1.82, 2.24) is 5.43 Å². The largest absolute Gasteiger partial charge is 0.493 e. The lowest BCUT2D eigenvalue weighted by Gasteiger charge is -2.10. The zero-order valence-corrected chi connectivity index (χ0v) is 15.7. The minimum Gasteiger partial charge on any atom is -0.493 e. The third kappa shape index (κ3) is 5.66. The van der Waals surface area contributed by atoms with Gasteiger partial charge in [-0.25, -0.2) is 5.43 Å². The Kier molecular flexibility index (Phi) is 7.53. The molecule has 1 amide bonds. The van der Waals surface area contributed by atoms with Crippen LogP contribution in [0.2, 0.25) is 5.02 Å². The Morgan fingerprint density at radius 3 is 2.70 bits per heavy atom. The van der Waals surface area contributed by atoms with Gasteiger partial charge in [0.2, 0.25) is 0 Å². The summed E-state index contributed by atoms with van der Waals surface area (Å²) < 4.78 is 16.1. The smallest absolute Gasteiger partial charge is 0.271 e. The molecule has 0 aliphatic heterocycles. The number of hydrazone groups is 1. The molecule has 0 unspecified atom stereocenters. The molecule has 0 aromatic heterocycles. The van der Waals surface area contributed by atoms with Gasteiger partial charge in [-0.3, -0.25) is 4.79 Å². The number of carbonyl (C=O) groups is 1. The highest BCUT2D eigenvalue weighted by atomic mass is 35.5. The standard InChI is InChI=1S/C20H19ClN2O4/c1-4-10-27-17-9-7-16(21)11-15(17)13-22-23-20(24)14-6-8-18(25-3)19(12-14)26-5-2/h1,6-9,11-13H,5,10H2,2-3H3,(H,23,24)/b22-13+. The minimum absolute atomic E-state index is 0.112. The molecule has 0 spiro atoms. The van der Waals surface area contributed by atoms with E-state index < -0.39 is 5.91 Å². The van der Waals surface area contributed by atoms with E-state index in [0.29, 0.717) is 40.0 Å². The number of benzene rings is 2. The van der Waals surface area contributed by atoms with Gasteiger partial charge in [0.25, 0.3) is 5.91 Å². The van der Waals surface area contributed by atoms with Crippen LogP contribution in [0, 0.1) is 12.3 Å². The van der Waals surface area contributed by atoms with Crippen LogP contribution >= 0.6 is 11.6 Å². The van der Waals surface area contributed by atoms with E-state index in [1.165, 1.54) is 13.3 Å². The maximum Gasteiger partial charge on any atom is 0.271 e. The predicted molar refractivity (Wildman–Crippen MR) is 105 cm³/mol. The first-order chi connectivity index (χ1) is 13.1. The molecule has 6 nitrogen and oxygen atoms in total. The molecule has 0 aliphatic carbocycles. The average molecular weight is 387 g/mol. The van der Waals surface area contributed by atoms with Gasteiger partial charge in [0.15, 0.2) is 11.5 Å². The molecule has 0 saturated carbocycles. The topological polar surface area (TPSA) is 69.2 Å². The zero-order chi connectivity index (χ0) is 19.6. The molecule has 0 bridgehead atoms. The van der Waals surface area contributed by atoms with E-state index in [1.54, 1.807) is 36.4 Å². The van der Waals surface area contributed by atoms with Crippen molar-refractivity contribution in [2.75, 3.05) is 20.3 Å². The number of nitrogens with zero attached hydrogens (tertiary/aromatic N) is 1. The molecule has 0 radical (unpaired) electrons.